The van der Waals surface area contributed by atoms with Gasteiger partial charge in [0, 0.05) is 52.7 Å². The average Bonchev–Trinajstić information content (AvgIpc) is 1.67. The lowest BCUT2D eigenvalue weighted by atomic mass is 9.82. The highest BCUT2D eigenvalue weighted by atomic mass is 79.9. The Balaban J connectivity index is 0.000000143. The molecular weight excluding hydrogens is 1200 g/mol. The second kappa shape index (κ2) is 21.1. The Labute approximate surface area is 530 Å². The molecule has 0 amide bonds. The second-order valence-corrected chi connectivity index (χ2v) is 26.6. The summed E-state index contributed by atoms with van der Waals surface area (Å²) >= 11 is 7.39. The Kier molecular flexibility index (Phi) is 12.9. The van der Waals surface area contributed by atoms with Crippen molar-refractivity contribution in [2.75, 3.05) is 0 Å². The number of hydrogen-bond donors (Lipinski definition) is 0. The van der Waals surface area contributed by atoms with Crippen molar-refractivity contribution in [1.29, 1.82) is 0 Å². The third kappa shape index (κ3) is 8.95. The van der Waals surface area contributed by atoms with Gasteiger partial charge in [-0.3, -0.25) is 0 Å². The predicted octanol–water partition coefficient (Wildman–Crippen LogP) is 24.0. The lowest BCUT2D eigenvalue weighted by Gasteiger charge is -2.22. The molecule has 0 spiro atoms. The second-order valence-electron chi connectivity index (χ2n) is 24.7. The van der Waals surface area contributed by atoms with Crippen LogP contribution in [0, 0.1) is 0 Å². The first-order valence-corrected chi connectivity index (χ1v) is 31.9. The van der Waals surface area contributed by atoms with Gasteiger partial charge in [0.25, 0.3) is 0 Å². The van der Waals surface area contributed by atoms with Crippen LogP contribution >= 0.6 is 31.9 Å². The van der Waals surface area contributed by atoms with E-state index in [4.69, 9.17) is 0 Å². The number of hydrogen-bond acceptors (Lipinski definition) is 0. The van der Waals surface area contributed by atoms with Gasteiger partial charge >= 0.3 is 0 Å². The van der Waals surface area contributed by atoms with Crippen molar-refractivity contribution in [3.63, 3.8) is 0 Å². The largest absolute Gasteiger partial charge is 0.309 e. The Morgan fingerprint density at radius 2 is 0.580 bits per heavy atom. The SMILES string of the molecule is CC1(C)c2ccccc2-c2ccc(-n3c4ccccc4c4cc(-c5cccc(-c6cc(Br)cc(-c7ccccc7)c6)c5)ccc43)cc21.CC1(C)c2ccccc2-c2ccc(-n3c4ccccc4c4cc(-c5cccc(-c6cccc(Br)c6)c5)ccc43)cc21. The Hall–Kier alpha value is -9.58. The number of benzene rings is 13. The van der Waals surface area contributed by atoms with Crippen LogP contribution in [-0.4, -0.2) is 9.13 Å². The van der Waals surface area contributed by atoms with E-state index in [9.17, 15) is 0 Å². The van der Waals surface area contributed by atoms with E-state index in [2.05, 4.69) is 360 Å². The molecule has 4 heteroatoms. The maximum atomic E-state index is 3.77. The first kappa shape index (κ1) is 53.9. The Morgan fingerprint density at radius 1 is 0.227 bits per heavy atom. The van der Waals surface area contributed by atoms with Crippen LogP contribution in [0.5, 0.6) is 0 Å². The number of para-hydroxylation sites is 2. The molecule has 17 rings (SSSR count). The zero-order valence-electron chi connectivity index (χ0n) is 49.4. The van der Waals surface area contributed by atoms with Crippen LogP contribution in [0.4, 0.5) is 0 Å². The van der Waals surface area contributed by atoms with Crippen LogP contribution in [0.3, 0.4) is 0 Å². The van der Waals surface area contributed by atoms with E-state index in [1.165, 1.54) is 155 Å². The highest BCUT2D eigenvalue weighted by molar-refractivity contribution is 9.10. The molecule has 15 aromatic rings. The van der Waals surface area contributed by atoms with Gasteiger partial charge in [0.2, 0.25) is 0 Å². The lowest BCUT2D eigenvalue weighted by molar-refractivity contribution is 0.660. The molecule has 0 saturated carbocycles. The van der Waals surface area contributed by atoms with E-state index in [0.717, 1.165) is 8.95 Å². The van der Waals surface area contributed by atoms with Crippen molar-refractivity contribution in [3.8, 4) is 89.3 Å². The Morgan fingerprint density at radius 3 is 1.08 bits per heavy atom. The van der Waals surface area contributed by atoms with Crippen LogP contribution in [0.25, 0.3) is 133 Å². The zero-order valence-corrected chi connectivity index (χ0v) is 52.5. The minimum Gasteiger partial charge on any atom is -0.309 e. The van der Waals surface area contributed by atoms with E-state index in [-0.39, 0.29) is 10.8 Å². The molecule has 0 fully saturated rings. The van der Waals surface area contributed by atoms with Gasteiger partial charge in [-0.2, -0.15) is 0 Å². The molecule has 0 saturated heterocycles. The summed E-state index contributed by atoms with van der Waals surface area (Å²) in [4.78, 5) is 0. The maximum absolute atomic E-state index is 3.77. The molecule has 0 radical (unpaired) electrons. The van der Waals surface area contributed by atoms with E-state index < -0.39 is 0 Å². The number of fused-ring (bicyclic) bond motifs is 12. The molecule has 2 aliphatic rings. The molecule has 2 aromatic heterocycles. The fourth-order valence-corrected chi connectivity index (χ4v) is 15.4. The predicted molar refractivity (Wildman–Crippen MR) is 379 cm³/mol. The smallest absolute Gasteiger partial charge is 0.0541 e. The molecule has 2 nitrogen and oxygen atoms in total. The Bertz CT molecular complexity index is 5310. The molecule has 0 unspecified atom stereocenters. The summed E-state index contributed by atoms with van der Waals surface area (Å²) < 4.78 is 7.04. The fraction of sp³-hybridized carbons (Fsp3) is 0.0714. The van der Waals surface area contributed by atoms with Crippen molar-refractivity contribution >= 4 is 75.5 Å². The normalized spacial score (nSPS) is 13.3. The first-order chi connectivity index (χ1) is 42.9. The number of rotatable bonds is 7. The highest BCUT2D eigenvalue weighted by Gasteiger charge is 2.37. The van der Waals surface area contributed by atoms with Crippen molar-refractivity contribution in [2.45, 2.75) is 38.5 Å². The van der Waals surface area contributed by atoms with E-state index >= 15 is 0 Å². The number of nitrogens with zero attached hydrogens (tertiary/aromatic N) is 2. The first-order valence-electron chi connectivity index (χ1n) is 30.3. The summed E-state index contributed by atoms with van der Waals surface area (Å²) in [5.74, 6) is 0. The minimum atomic E-state index is -0.0465. The summed E-state index contributed by atoms with van der Waals surface area (Å²) in [5.41, 5.74) is 30.3. The summed E-state index contributed by atoms with van der Waals surface area (Å²) in [6.07, 6.45) is 0. The molecule has 13 aromatic carbocycles. The molecule has 0 aliphatic heterocycles. The van der Waals surface area contributed by atoms with E-state index in [1.54, 1.807) is 0 Å². The van der Waals surface area contributed by atoms with Gasteiger partial charge in [-0.1, -0.05) is 248 Å². The standard InChI is InChI=1S/C45H32BrN.C39H28BrN/c1-45(2)41-17-8-6-15-37(41)38-21-20-36(28-42(38)45)47-43-18-9-7-16-39(43)40-27-32(19-22-44(40)47)30-13-10-14-31(23-30)34-24-33(25-35(46)26-34)29-11-4-3-5-12-29;1-39(2)35-15-5-3-13-31(35)32-19-18-30(24-36(32)39)41-37-16-6-4-14-33(37)34-23-28(17-20-38(34)41)26-10-7-9-25(21-26)27-11-8-12-29(40)22-27/h3-28H,1-2H3;3-24H,1-2H3. The molecule has 0 atom stereocenters. The summed E-state index contributed by atoms with van der Waals surface area (Å²) in [6.45, 7) is 9.40. The van der Waals surface area contributed by atoms with Gasteiger partial charge in [-0.25, -0.2) is 0 Å². The molecule has 0 bridgehead atoms. The number of halogens is 2. The molecule has 0 N–H and O–H groups in total. The van der Waals surface area contributed by atoms with Gasteiger partial charge in [-0.05, 0) is 203 Å². The van der Waals surface area contributed by atoms with Crippen molar-refractivity contribution in [2.24, 2.45) is 0 Å². The molecule has 2 aliphatic carbocycles. The van der Waals surface area contributed by atoms with Crippen LogP contribution in [0.15, 0.2) is 300 Å². The summed E-state index contributed by atoms with van der Waals surface area (Å²) in [5, 5.41) is 5.08. The van der Waals surface area contributed by atoms with Gasteiger partial charge in [0.05, 0.1) is 22.1 Å². The summed E-state index contributed by atoms with van der Waals surface area (Å²) in [6, 6.07) is 107. The third-order valence-corrected chi connectivity index (χ3v) is 19.8. The quantitative estimate of drug-likeness (QED) is 0.151. The van der Waals surface area contributed by atoms with Crippen LogP contribution in [0.2, 0.25) is 0 Å². The average molecular weight is 1260 g/mol. The number of aromatic nitrogens is 2. The molecule has 420 valence electrons. The van der Waals surface area contributed by atoms with Gasteiger partial charge in [0.15, 0.2) is 0 Å². The topological polar surface area (TPSA) is 9.86 Å². The zero-order chi connectivity index (χ0) is 59.4. The van der Waals surface area contributed by atoms with Gasteiger partial charge < -0.3 is 9.13 Å². The van der Waals surface area contributed by atoms with Crippen molar-refractivity contribution < 1.29 is 0 Å². The highest BCUT2D eigenvalue weighted by Crippen LogP contribution is 2.51. The van der Waals surface area contributed by atoms with E-state index in [1.807, 2.05) is 0 Å². The molecule has 88 heavy (non-hydrogen) atoms. The van der Waals surface area contributed by atoms with Crippen LogP contribution in [-0.2, 0) is 10.8 Å². The van der Waals surface area contributed by atoms with Crippen LogP contribution < -0.4 is 0 Å². The van der Waals surface area contributed by atoms with Gasteiger partial charge in [-0.15, -0.1) is 0 Å². The lowest BCUT2D eigenvalue weighted by Crippen LogP contribution is -2.15. The minimum absolute atomic E-state index is 0.0345. The van der Waals surface area contributed by atoms with Crippen LogP contribution in [0.1, 0.15) is 49.9 Å². The maximum Gasteiger partial charge on any atom is 0.0541 e. The summed E-state index contributed by atoms with van der Waals surface area (Å²) in [7, 11) is 0. The molecule has 2 heterocycles. The van der Waals surface area contributed by atoms with Gasteiger partial charge in [0.1, 0.15) is 0 Å². The fourth-order valence-electron chi connectivity index (χ4n) is 14.5. The van der Waals surface area contributed by atoms with Crippen molar-refractivity contribution in [1.82, 2.24) is 9.13 Å². The third-order valence-electron chi connectivity index (χ3n) is 18.9. The molecular formula is C84H60Br2N2. The monoisotopic (exact) mass is 1250 g/mol. The van der Waals surface area contributed by atoms with Crippen molar-refractivity contribution in [3.05, 3.63) is 322 Å². The van der Waals surface area contributed by atoms with E-state index in [0.29, 0.717) is 0 Å².